The molecule has 22 heavy (non-hydrogen) atoms. The molecule has 2 aliphatic heterocycles. The van der Waals surface area contributed by atoms with E-state index in [0.29, 0.717) is 12.6 Å². The minimum absolute atomic E-state index is 0.124. The first kappa shape index (κ1) is 15.3. The van der Waals surface area contributed by atoms with Gasteiger partial charge in [-0.1, -0.05) is 6.07 Å². The van der Waals surface area contributed by atoms with E-state index in [4.69, 9.17) is 4.74 Å². The van der Waals surface area contributed by atoms with Crippen LogP contribution in [0.4, 0.5) is 0 Å². The van der Waals surface area contributed by atoms with E-state index in [1.807, 2.05) is 36.1 Å². The molecule has 5 heteroatoms. The lowest BCUT2D eigenvalue weighted by molar-refractivity contribution is 0.0773. The number of hydrogen-bond donors (Lipinski definition) is 1. The van der Waals surface area contributed by atoms with Crippen molar-refractivity contribution in [2.45, 2.75) is 19.4 Å². The van der Waals surface area contributed by atoms with E-state index >= 15 is 0 Å². The first-order valence-electron chi connectivity index (χ1n) is 8.25. The zero-order chi connectivity index (χ0) is 15.4. The molecule has 1 N–H and O–H groups in total. The molecule has 5 nitrogen and oxygen atoms in total. The predicted octanol–water partition coefficient (Wildman–Crippen LogP) is 1.20. The lowest BCUT2D eigenvalue weighted by Crippen LogP contribution is -2.49. The lowest BCUT2D eigenvalue weighted by atomic mass is 10.2. The van der Waals surface area contributed by atoms with Crippen LogP contribution in [0, 0.1) is 0 Å². The molecule has 0 spiro atoms. The van der Waals surface area contributed by atoms with Gasteiger partial charge in [-0.3, -0.25) is 9.69 Å². The number of hydrogen-bond acceptors (Lipinski definition) is 4. The Morgan fingerprint density at radius 3 is 2.91 bits per heavy atom. The molecule has 0 bridgehead atoms. The van der Waals surface area contributed by atoms with Gasteiger partial charge >= 0.3 is 0 Å². The number of benzene rings is 1. The van der Waals surface area contributed by atoms with Crippen LogP contribution in [0.3, 0.4) is 0 Å². The van der Waals surface area contributed by atoms with Crippen molar-refractivity contribution >= 4 is 5.91 Å². The van der Waals surface area contributed by atoms with Crippen molar-refractivity contribution < 1.29 is 9.53 Å². The maximum Gasteiger partial charge on any atom is 0.254 e. The van der Waals surface area contributed by atoms with Gasteiger partial charge in [0.15, 0.2) is 0 Å². The number of rotatable bonds is 4. The summed E-state index contributed by atoms with van der Waals surface area (Å²) in [4.78, 5) is 17.2. The number of piperazine rings is 1. The molecule has 2 fully saturated rings. The molecule has 1 unspecified atom stereocenters. The van der Waals surface area contributed by atoms with E-state index < -0.39 is 0 Å². The standard InChI is InChI=1S/C17H25N3O2/c1-2-22-16-5-3-4-14(12-16)17(21)20-9-6-15(13-20)19-10-7-18-8-11-19/h3-5,12,15,18H,2,6-11,13H2,1H3. The van der Waals surface area contributed by atoms with Gasteiger partial charge in [-0.15, -0.1) is 0 Å². The molecule has 1 atom stereocenters. The van der Waals surface area contributed by atoms with E-state index in [1.54, 1.807) is 0 Å². The molecule has 1 aromatic rings. The van der Waals surface area contributed by atoms with Crippen molar-refractivity contribution in [1.29, 1.82) is 0 Å². The monoisotopic (exact) mass is 303 g/mol. The molecule has 0 radical (unpaired) electrons. The molecule has 2 aliphatic rings. The van der Waals surface area contributed by atoms with E-state index in [-0.39, 0.29) is 5.91 Å². The highest BCUT2D eigenvalue weighted by molar-refractivity contribution is 5.94. The number of nitrogens with zero attached hydrogens (tertiary/aromatic N) is 2. The Balaban J connectivity index is 1.62. The summed E-state index contributed by atoms with van der Waals surface area (Å²) < 4.78 is 5.49. The Labute approximate surface area is 132 Å². The van der Waals surface area contributed by atoms with Gasteiger partial charge in [0.1, 0.15) is 5.75 Å². The number of ether oxygens (including phenoxy) is 1. The molecule has 120 valence electrons. The Morgan fingerprint density at radius 1 is 1.32 bits per heavy atom. The summed E-state index contributed by atoms with van der Waals surface area (Å²) in [6, 6.07) is 8.03. The van der Waals surface area contributed by atoms with Crippen LogP contribution in [-0.4, -0.2) is 67.6 Å². The topological polar surface area (TPSA) is 44.8 Å². The third-order valence-corrected chi connectivity index (χ3v) is 4.51. The van der Waals surface area contributed by atoms with Crippen LogP contribution in [0.1, 0.15) is 23.7 Å². The highest BCUT2D eigenvalue weighted by atomic mass is 16.5. The maximum atomic E-state index is 12.7. The second kappa shape index (κ2) is 7.11. The normalized spacial score (nSPS) is 22.8. The van der Waals surface area contributed by atoms with Crippen molar-refractivity contribution in [3.05, 3.63) is 29.8 Å². The van der Waals surface area contributed by atoms with Crippen LogP contribution in [0.25, 0.3) is 0 Å². The fourth-order valence-corrected chi connectivity index (χ4v) is 3.34. The lowest BCUT2D eigenvalue weighted by Gasteiger charge is -2.32. The number of amides is 1. The minimum Gasteiger partial charge on any atom is -0.494 e. The van der Waals surface area contributed by atoms with Crippen LogP contribution < -0.4 is 10.1 Å². The average molecular weight is 303 g/mol. The van der Waals surface area contributed by atoms with E-state index in [9.17, 15) is 4.79 Å². The fraction of sp³-hybridized carbons (Fsp3) is 0.588. The first-order valence-corrected chi connectivity index (χ1v) is 8.25. The first-order chi connectivity index (χ1) is 10.8. The molecule has 0 aliphatic carbocycles. The van der Waals surface area contributed by atoms with Gasteiger partial charge in [0.2, 0.25) is 0 Å². The second-order valence-corrected chi connectivity index (χ2v) is 5.94. The minimum atomic E-state index is 0.124. The molecule has 2 saturated heterocycles. The molecule has 2 heterocycles. The van der Waals surface area contributed by atoms with Crippen LogP contribution in [0.15, 0.2) is 24.3 Å². The van der Waals surface area contributed by atoms with Gasteiger partial charge in [0.25, 0.3) is 5.91 Å². The zero-order valence-electron chi connectivity index (χ0n) is 13.3. The SMILES string of the molecule is CCOc1cccc(C(=O)N2CCC(N3CCNCC3)C2)c1. The van der Waals surface area contributed by atoms with E-state index in [0.717, 1.165) is 57.0 Å². The van der Waals surface area contributed by atoms with Gasteiger partial charge in [0.05, 0.1) is 6.61 Å². The van der Waals surface area contributed by atoms with Gasteiger partial charge in [-0.2, -0.15) is 0 Å². The third-order valence-electron chi connectivity index (χ3n) is 4.51. The summed E-state index contributed by atoms with van der Waals surface area (Å²) >= 11 is 0. The smallest absolute Gasteiger partial charge is 0.254 e. The van der Waals surface area contributed by atoms with Crippen molar-refractivity contribution in [1.82, 2.24) is 15.1 Å². The van der Waals surface area contributed by atoms with Crippen LogP contribution in [0.5, 0.6) is 5.75 Å². The number of carbonyl (C=O) groups excluding carboxylic acids is 1. The van der Waals surface area contributed by atoms with Crippen LogP contribution >= 0.6 is 0 Å². The highest BCUT2D eigenvalue weighted by Crippen LogP contribution is 2.20. The predicted molar refractivity (Wildman–Crippen MR) is 86.4 cm³/mol. The highest BCUT2D eigenvalue weighted by Gasteiger charge is 2.31. The molecule has 0 saturated carbocycles. The van der Waals surface area contributed by atoms with Gasteiger partial charge in [0, 0.05) is 50.9 Å². The largest absolute Gasteiger partial charge is 0.494 e. The summed E-state index contributed by atoms with van der Waals surface area (Å²) in [6.45, 7) is 8.56. The van der Waals surface area contributed by atoms with Crippen molar-refractivity contribution in [2.24, 2.45) is 0 Å². The van der Waals surface area contributed by atoms with Crippen molar-refractivity contribution in [2.75, 3.05) is 45.9 Å². The average Bonchev–Trinajstić information content (AvgIpc) is 3.05. The number of nitrogens with one attached hydrogen (secondary N) is 1. The van der Waals surface area contributed by atoms with E-state index in [1.165, 1.54) is 0 Å². The van der Waals surface area contributed by atoms with E-state index in [2.05, 4.69) is 10.2 Å². The Bertz CT molecular complexity index is 514. The summed E-state index contributed by atoms with van der Waals surface area (Å²) in [7, 11) is 0. The molecule has 1 amide bonds. The molecular formula is C17H25N3O2. The number of carbonyl (C=O) groups is 1. The number of likely N-dealkylation sites (tertiary alicyclic amines) is 1. The van der Waals surface area contributed by atoms with Gasteiger partial charge in [-0.05, 0) is 31.5 Å². The second-order valence-electron chi connectivity index (χ2n) is 5.94. The summed E-state index contributed by atoms with van der Waals surface area (Å²) in [6.07, 6.45) is 1.08. The molecule has 0 aromatic heterocycles. The van der Waals surface area contributed by atoms with Gasteiger partial charge < -0.3 is 15.0 Å². The molecule has 3 rings (SSSR count). The zero-order valence-corrected chi connectivity index (χ0v) is 13.3. The molecule has 1 aromatic carbocycles. The third kappa shape index (κ3) is 3.42. The van der Waals surface area contributed by atoms with Crippen molar-refractivity contribution in [3.63, 3.8) is 0 Å². The maximum absolute atomic E-state index is 12.7. The summed E-state index contributed by atoms with van der Waals surface area (Å²) in [5.41, 5.74) is 0.729. The van der Waals surface area contributed by atoms with Crippen LogP contribution in [-0.2, 0) is 0 Å². The Kier molecular flexibility index (Phi) is 4.95. The summed E-state index contributed by atoms with van der Waals surface area (Å²) in [5, 5.41) is 3.38. The van der Waals surface area contributed by atoms with Gasteiger partial charge in [-0.25, -0.2) is 0 Å². The van der Waals surface area contributed by atoms with Crippen molar-refractivity contribution in [3.8, 4) is 5.75 Å². The van der Waals surface area contributed by atoms with Crippen LogP contribution in [0.2, 0.25) is 0 Å². The summed E-state index contributed by atoms with van der Waals surface area (Å²) in [5.74, 6) is 0.894. The Hall–Kier alpha value is -1.59. The quantitative estimate of drug-likeness (QED) is 0.908. The molecular weight excluding hydrogens is 278 g/mol. The fourth-order valence-electron chi connectivity index (χ4n) is 3.34. The Morgan fingerprint density at radius 2 is 2.14 bits per heavy atom.